The van der Waals surface area contributed by atoms with Gasteiger partial charge in [-0.3, -0.25) is 9.59 Å². The smallest absolute Gasteiger partial charge is 0.240 e. The average Bonchev–Trinajstić information content (AvgIpc) is 2.74. The SMILES string of the molecule is Cc1ccc(C(=O)c2ccccc2NC(=O)CCNS(=O)(=O)c2ccc(C)cc2)cc1. The van der Waals surface area contributed by atoms with Gasteiger partial charge in [-0.2, -0.15) is 0 Å². The minimum atomic E-state index is -3.69. The van der Waals surface area contributed by atoms with Gasteiger partial charge >= 0.3 is 0 Å². The van der Waals surface area contributed by atoms with Crippen LogP contribution in [0, 0.1) is 13.8 Å². The van der Waals surface area contributed by atoms with Crippen LogP contribution in [0.3, 0.4) is 0 Å². The van der Waals surface area contributed by atoms with Crippen molar-refractivity contribution >= 4 is 27.4 Å². The van der Waals surface area contributed by atoms with Crippen molar-refractivity contribution in [2.24, 2.45) is 0 Å². The lowest BCUT2D eigenvalue weighted by Crippen LogP contribution is -2.28. The monoisotopic (exact) mass is 436 g/mol. The molecule has 0 spiro atoms. The Morgan fingerprint density at radius 1 is 0.806 bits per heavy atom. The number of hydrogen-bond acceptors (Lipinski definition) is 4. The molecule has 3 rings (SSSR count). The first kappa shape index (κ1) is 22.4. The van der Waals surface area contributed by atoms with Crippen molar-refractivity contribution in [2.75, 3.05) is 11.9 Å². The molecule has 1 amide bonds. The molecule has 3 aromatic rings. The lowest BCUT2D eigenvalue weighted by atomic mass is 10.0. The summed E-state index contributed by atoms with van der Waals surface area (Å²) in [6.45, 7) is 3.75. The summed E-state index contributed by atoms with van der Waals surface area (Å²) in [5, 5.41) is 2.71. The van der Waals surface area contributed by atoms with Gasteiger partial charge in [0.2, 0.25) is 15.9 Å². The molecule has 0 bridgehead atoms. The Hall–Kier alpha value is -3.29. The van der Waals surface area contributed by atoms with Crippen molar-refractivity contribution in [2.45, 2.75) is 25.2 Å². The second kappa shape index (κ2) is 9.68. The molecule has 0 aliphatic carbocycles. The first-order valence-electron chi connectivity index (χ1n) is 9.83. The van der Waals surface area contributed by atoms with E-state index in [2.05, 4.69) is 10.0 Å². The van der Waals surface area contributed by atoms with Gasteiger partial charge in [0.1, 0.15) is 0 Å². The quantitative estimate of drug-likeness (QED) is 0.525. The van der Waals surface area contributed by atoms with Crippen LogP contribution in [0.25, 0.3) is 0 Å². The third kappa shape index (κ3) is 5.87. The van der Waals surface area contributed by atoms with Crippen molar-refractivity contribution in [3.05, 3.63) is 95.1 Å². The highest BCUT2D eigenvalue weighted by Gasteiger charge is 2.16. The molecule has 6 nitrogen and oxygen atoms in total. The van der Waals surface area contributed by atoms with Crippen LogP contribution < -0.4 is 10.0 Å². The largest absolute Gasteiger partial charge is 0.325 e. The molecule has 0 saturated heterocycles. The average molecular weight is 437 g/mol. The van der Waals surface area contributed by atoms with Crippen LogP contribution in [0.15, 0.2) is 77.7 Å². The Bertz CT molecular complexity index is 1190. The van der Waals surface area contributed by atoms with Crippen molar-refractivity contribution < 1.29 is 18.0 Å². The zero-order valence-corrected chi connectivity index (χ0v) is 18.2. The summed E-state index contributed by atoms with van der Waals surface area (Å²) < 4.78 is 27.1. The number of anilines is 1. The summed E-state index contributed by atoms with van der Waals surface area (Å²) in [5.74, 6) is -0.591. The Kier molecular flexibility index (Phi) is 6.99. The number of nitrogens with one attached hydrogen (secondary N) is 2. The zero-order valence-electron chi connectivity index (χ0n) is 17.4. The van der Waals surface area contributed by atoms with Gasteiger partial charge in [0.05, 0.1) is 10.6 Å². The van der Waals surface area contributed by atoms with Crippen LogP contribution in [0.2, 0.25) is 0 Å². The number of amides is 1. The lowest BCUT2D eigenvalue weighted by Gasteiger charge is -2.11. The number of carbonyl (C=O) groups is 2. The molecule has 3 aromatic carbocycles. The summed E-state index contributed by atoms with van der Waals surface area (Å²) in [7, 11) is -3.69. The van der Waals surface area contributed by atoms with E-state index in [9.17, 15) is 18.0 Å². The third-order valence-electron chi connectivity index (χ3n) is 4.73. The summed E-state index contributed by atoms with van der Waals surface area (Å²) in [6, 6.07) is 20.4. The third-order valence-corrected chi connectivity index (χ3v) is 6.21. The second-order valence-corrected chi connectivity index (χ2v) is 9.02. The molecular weight excluding hydrogens is 412 g/mol. The van der Waals surface area contributed by atoms with Gasteiger partial charge in [0, 0.05) is 24.1 Å². The van der Waals surface area contributed by atoms with Crippen molar-refractivity contribution in [1.82, 2.24) is 4.72 Å². The molecule has 0 aliphatic heterocycles. The second-order valence-electron chi connectivity index (χ2n) is 7.25. The number of para-hydroxylation sites is 1. The normalized spacial score (nSPS) is 11.2. The number of aryl methyl sites for hydroxylation is 2. The van der Waals surface area contributed by atoms with E-state index < -0.39 is 15.9 Å². The summed E-state index contributed by atoms with van der Waals surface area (Å²) in [4.78, 5) is 25.4. The summed E-state index contributed by atoms with van der Waals surface area (Å²) >= 11 is 0. The predicted octanol–water partition coefficient (Wildman–Crippen LogP) is 3.84. The Morgan fingerprint density at radius 2 is 1.39 bits per heavy atom. The summed E-state index contributed by atoms with van der Waals surface area (Å²) in [6.07, 6.45) is -0.0713. The number of sulfonamides is 1. The molecule has 0 radical (unpaired) electrons. The highest BCUT2D eigenvalue weighted by Crippen LogP contribution is 2.20. The Balaban J connectivity index is 1.63. The van der Waals surface area contributed by atoms with E-state index in [1.54, 1.807) is 48.5 Å². The molecule has 31 heavy (non-hydrogen) atoms. The molecule has 0 saturated carbocycles. The fourth-order valence-corrected chi connectivity index (χ4v) is 3.99. The van der Waals surface area contributed by atoms with Crippen molar-refractivity contribution in [1.29, 1.82) is 0 Å². The van der Waals surface area contributed by atoms with Gasteiger partial charge in [-0.25, -0.2) is 13.1 Å². The van der Waals surface area contributed by atoms with Gasteiger partial charge in [-0.15, -0.1) is 0 Å². The first-order valence-corrected chi connectivity index (χ1v) is 11.3. The molecule has 0 aliphatic rings. The molecule has 2 N–H and O–H groups in total. The van der Waals surface area contributed by atoms with E-state index in [0.29, 0.717) is 16.8 Å². The maximum Gasteiger partial charge on any atom is 0.240 e. The molecule has 0 fully saturated rings. The molecule has 0 aromatic heterocycles. The van der Waals surface area contributed by atoms with Crippen molar-refractivity contribution in [3.63, 3.8) is 0 Å². The van der Waals surface area contributed by atoms with Gasteiger partial charge in [0.25, 0.3) is 0 Å². The number of carbonyl (C=O) groups excluding carboxylic acids is 2. The first-order chi connectivity index (χ1) is 14.8. The maximum absolute atomic E-state index is 12.8. The number of benzene rings is 3. The minimum absolute atomic E-state index is 0.0594. The molecule has 160 valence electrons. The van der Waals surface area contributed by atoms with Crippen molar-refractivity contribution in [3.8, 4) is 0 Å². The molecule has 7 heteroatoms. The Morgan fingerprint density at radius 3 is 2.03 bits per heavy atom. The van der Waals surface area contributed by atoms with E-state index in [1.165, 1.54) is 12.1 Å². The highest BCUT2D eigenvalue weighted by molar-refractivity contribution is 7.89. The van der Waals surface area contributed by atoms with Gasteiger partial charge in [0.15, 0.2) is 5.78 Å². The van der Waals surface area contributed by atoms with E-state index in [0.717, 1.165) is 11.1 Å². The predicted molar refractivity (Wildman–Crippen MR) is 121 cm³/mol. The molecular formula is C24H24N2O4S. The highest BCUT2D eigenvalue weighted by atomic mass is 32.2. The van der Waals surface area contributed by atoms with Crippen LogP contribution in [-0.2, 0) is 14.8 Å². The van der Waals surface area contributed by atoms with Gasteiger partial charge in [-0.1, -0.05) is 59.7 Å². The van der Waals surface area contributed by atoms with Crippen LogP contribution in [0.5, 0.6) is 0 Å². The van der Waals surface area contributed by atoms with Crippen LogP contribution in [-0.4, -0.2) is 26.7 Å². The van der Waals surface area contributed by atoms with Gasteiger partial charge in [-0.05, 0) is 38.1 Å². The van der Waals surface area contributed by atoms with Crippen LogP contribution in [0.1, 0.15) is 33.5 Å². The fraction of sp³-hybridized carbons (Fsp3) is 0.167. The number of rotatable bonds is 8. The van der Waals surface area contributed by atoms with E-state index >= 15 is 0 Å². The van der Waals surface area contributed by atoms with Crippen LogP contribution >= 0.6 is 0 Å². The number of ketones is 1. The molecule has 0 heterocycles. The van der Waals surface area contributed by atoms with E-state index in [1.807, 2.05) is 26.0 Å². The van der Waals surface area contributed by atoms with Gasteiger partial charge < -0.3 is 5.32 Å². The van der Waals surface area contributed by atoms with E-state index in [4.69, 9.17) is 0 Å². The maximum atomic E-state index is 12.8. The summed E-state index contributed by atoms with van der Waals surface area (Å²) in [5.41, 5.74) is 3.29. The number of hydrogen-bond donors (Lipinski definition) is 2. The zero-order chi connectivity index (χ0) is 22.4. The van der Waals surface area contributed by atoms with E-state index in [-0.39, 0.29) is 23.6 Å². The standard InChI is InChI=1S/C24H24N2O4S/c1-17-7-11-19(12-8-17)24(28)21-5-3-4-6-22(21)26-23(27)15-16-25-31(29,30)20-13-9-18(2)10-14-20/h3-14,25H,15-16H2,1-2H3,(H,26,27). The molecule has 0 atom stereocenters. The fourth-order valence-electron chi connectivity index (χ4n) is 2.96. The topological polar surface area (TPSA) is 92.3 Å². The lowest BCUT2D eigenvalue weighted by molar-refractivity contribution is -0.116. The minimum Gasteiger partial charge on any atom is -0.325 e. The van der Waals surface area contributed by atoms with Crippen LogP contribution in [0.4, 0.5) is 5.69 Å². The molecule has 0 unspecified atom stereocenters. The Labute approximate surface area is 182 Å².